The number of piperidine rings is 1. The predicted molar refractivity (Wildman–Crippen MR) is 155 cm³/mol. The first-order valence-electron chi connectivity index (χ1n) is 14.1. The standard InChI is InChI=1S/C34H43NO4/c1-6-22-33(37,39-31(36)32(4,5)27-10-8-7-9-11-27)35-23-20-30(21-24-35)34(38,28-16-12-25(2)13-17-28)29-18-14-26(3)15-19-29/h7-19,30,37-38H,6,20-24H2,1-5H3. The van der Waals surface area contributed by atoms with Gasteiger partial charge in [0.25, 0.3) is 5.91 Å². The lowest BCUT2D eigenvalue weighted by molar-refractivity contribution is -0.290. The Bertz CT molecular complexity index is 1180. The lowest BCUT2D eigenvalue weighted by Crippen LogP contribution is -2.57. The van der Waals surface area contributed by atoms with E-state index in [0.717, 1.165) is 27.8 Å². The highest BCUT2D eigenvalue weighted by atomic mass is 16.7. The Labute approximate surface area is 233 Å². The Morgan fingerprint density at radius 3 is 1.77 bits per heavy atom. The number of carbonyl (C=O) groups excluding carboxylic acids is 1. The number of benzene rings is 3. The number of carbonyl (C=O) groups is 1. The second-order valence-electron chi connectivity index (χ2n) is 11.6. The molecule has 0 saturated carbocycles. The fourth-order valence-corrected chi connectivity index (χ4v) is 5.75. The van der Waals surface area contributed by atoms with Crippen molar-refractivity contribution >= 4 is 5.97 Å². The Morgan fingerprint density at radius 2 is 1.31 bits per heavy atom. The molecule has 0 aromatic heterocycles. The van der Waals surface area contributed by atoms with Crippen LogP contribution in [-0.2, 0) is 20.5 Å². The molecular formula is C34H43NO4. The van der Waals surface area contributed by atoms with Crippen molar-refractivity contribution < 1.29 is 19.7 Å². The van der Waals surface area contributed by atoms with Crippen molar-refractivity contribution in [1.29, 1.82) is 0 Å². The van der Waals surface area contributed by atoms with Crippen molar-refractivity contribution in [2.45, 2.75) is 77.2 Å². The summed E-state index contributed by atoms with van der Waals surface area (Å²) in [6, 6.07) is 25.7. The highest BCUT2D eigenvalue weighted by molar-refractivity contribution is 5.82. The average molecular weight is 530 g/mol. The molecule has 1 fully saturated rings. The Balaban J connectivity index is 1.56. The van der Waals surface area contributed by atoms with Crippen molar-refractivity contribution in [2.75, 3.05) is 13.1 Å². The molecule has 2 N–H and O–H groups in total. The number of likely N-dealkylation sites (tertiary alicyclic amines) is 1. The summed E-state index contributed by atoms with van der Waals surface area (Å²) in [5, 5.41) is 24.1. The highest BCUT2D eigenvalue weighted by Crippen LogP contribution is 2.43. The molecule has 4 rings (SSSR count). The summed E-state index contributed by atoms with van der Waals surface area (Å²) in [7, 11) is 0. The van der Waals surface area contributed by atoms with Gasteiger partial charge in [-0.3, -0.25) is 4.79 Å². The number of hydrogen-bond donors (Lipinski definition) is 2. The minimum absolute atomic E-state index is 0.0681. The first kappa shape index (κ1) is 29.0. The van der Waals surface area contributed by atoms with Gasteiger partial charge in [0, 0.05) is 19.5 Å². The third kappa shape index (κ3) is 5.96. The van der Waals surface area contributed by atoms with Crippen molar-refractivity contribution in [3.05, 3.63) is 107 Å². The van der Waals surface area contributed by atoms with Gasteiger partial charge in [-0.25, -0.2) is 4.90 Å². The van der Waals surface area contributed by atoms with Crippen LogP contribution in [0.1, 0.15) is 74.3 Å². The van der Waals surface area contributed by atoms with Crippen LogP contribution < -0.4 is 0 Å². The Hall–Kier alpha value is -2.99. The van der Waals surface area contributed by atoms with Gasteiger partial charge in [-0.1, -0.05) is 96.9 Å². The molecule has 0 aliphatic carbocycles. The molecule has 0 radical (unpaired) electrons. The monoisotopic (exact) mass is 529 g/mol. The number of aliphatic hydroxyl groups is 2. The largest absolute Gasteiger partial charge is 0.418 e. The van der Waals surface area contributed by atoms with Crippen molar-refractivity contribution in [3.8, 4) is 0 Å². The Morgan fingerprint density at radius 1 is 0.821 bits per heavy atom. The van der Waals surface area contributed by atoms with E-state index >= 15 is 0 Å². The number of hydrogen-bond acceptors (Lipinski definition) is 5. The van der Waals surface area contributed by atoms with Crippen molar-refractivity contribution in [2.24, 2.45) is 5.92 Å². The summed E-state index contributed by atoms with van der Waals surface area (Å²) in [5.74, 6) is -2.22. The predicted octanol–water partition coefficient (Wildman–Crippen LogP) is 6.22. The second-order valence-corrected chi connectivity index (χ2v) is 11.6. The molecule has 0 amide bonds. The van der Waals surface area contributed by atoms with Crippen LogP contribution in [0.15, 0.2) is 78.9 Å². The van der Waals surface area contributed by atoms with Gasteiger partial charge >= 0.3 is 5.97 Å². The van der Waals surface area contributed by atoms with E-state index in [9.17, 15) is 15.0 Å². The molecule has 0 spiro atoms. The summed E-state index contributed by atoms with van der Waals surface area (Å²) in [4.78, 5) is 15.3. The quantitative estimate of drug-likeness (QED) is 0.254. The van der Waals surface area contributed by atoms with Crippen LogP contribution in [0.4, 0.5) is 0 Å². The van der Waals surface area contributed by atoms with Crippen LogP contribution in [0.3, 0.4) is 0 Å². The van der Waals surface area contributed by atoms with Gasteiger partial charge < -0.3 is 14.9 Å². The van der Waals surface area contributed by atoms with E-state index in [2.05, 4.69) is 0 Å². The summed E-state index contributed by atoms with van der Waals surface area (Å²) in [6.45, 7) is 10.7. The van der Waals surface area contributed by atoms with E-state index in [1.165, 1.54) is 0 Å². The van der Waals surface area contributed by atoms with E-state index in [-0.39, 0.29) is 5.92 Å². The molecule has 3 aromatic rings. The van der Waals surface area contributed by atoms with Gasteiger partial charge in [-0.2, -0.15) is 0 Å². The number of nitrogens with zero attached hydrogens (tertiary/aromatic N) is 1. The maximum atomic E-state index is 13.4. The molecule has 1 heterocycles. The normalized spacial score (nSPS) is 17.0. The lowest BCUT2D eigenvalue weighted by Gasteiger charge is -2.47. The van der Waals surface area contributed by atoms with E-state index in [0.29, 0.717) is 38.8 Å². The number of rotatable bonds is 9. The molecule has 1 aliphatic rings. The van der Waals surface area contributed by atoms with Gasteiger partial charge in [0.2, 0.25) is 0 Å². The van der Waals surface area contributed by atoms with E-state index in [1.54, 1.807) is 0 Å². The third-order valence-corrected chi connectivity index (χ3v) is 8.40. The van der Waals surface area contributed by atoms with Crippen molar-refractivity contribution in [1.82, 2.24) is 4.90 Å². The van der Waals surface area contributed by atoms with E-state index in [4.69, 9.17) is 4.74 Å². The van der Waals surface area contributed by atoms with Gasteiger partial charge in [0.1, 0.15) is 5.60 Å². The average Bonchev–Trinajstić information content (AvgIpc) is 2.94. The highest BCUT2D eigenvalue weighted by Gasteiger charge is 2.47. The molecule has 39 heavy (non-hydrogen) atoms. The number of aryl methyl sites for hydroxylation is 2. The Kier molecular flexibility index (Phi) is 8.65. The maximum absolute atomic E-state index is 13.4. The number of ether oxygens (including phenoxy) is 1. The van der Waals surface area contributed by atoms with Crippen LogP contribution in [0.2, 0.25) is 0 Å². The minimum Gasteiger partial charge on any atom is -0.418 e. The zero-order valence-corrected chi connectivity index (χ0v) is 24.0. The van der Waals surface area contributed by atoms with Crippen molar-refractivity contribution in [3.63, 3.8) is 0 Å². The van der Waals surface area contributed by atoms with E-state index in [1.807, 2.05) is 118 Å². The second kappa shape index (κ2) is 11.6. The fourth-order valence-electron chi connectivity index (χ4n) is 5.75. The first-order chi connectivity index (χ1) is 18.5. The molecule has 5 heteroatoms. The SMILES string of the molecule is CCCC(O)(OC(=O)C(C)(C)c1ccccc1)N1CCC(C(O)(c2ccc(C)cc2)c2ccc(C)cc2)CC1. The zero-order valence-electron chi connectivity index (χ0n) is 24.0. The van der Waals surface area contributed by atoms with Gasteiger partial charge in [-0.15, -0.1) is 0 Å². The molecule has 1 atom stereocenters. The zero-order chi connectivity index (χ0) is 28.3. The molecule has 5 nitrogen and oxygen atoms in total. The van der Waals surface area contributed by atoms with Gasteiger partial charge in [-0.05, 0) is 69.6 Å². The molecule has 208 valence electrons. The summed E-state index contributed by atoms with van der Waals surface area (Å²) in [6.07, 6.45) is 2.26. The summed E-state index contributed by atoms with van der Waals surface area (Å²) < 4.78 is 5.93. The first-order valence-corrected chi connectivity index (χ1v) is 14.1. The van der Waals surface area contributed by atoms with Crippen LogP contribution in [-0.4, -0.2) is 40.1 Å². The number of esters is 1. The molecule has 0 bridgehead atoms. The van der Waals surface area contributed by atoms with Crippen LogP contribution in [0, 0.1) is 19.8 Å². The van der Waals surface area contributed by atoms with Crippen LogP contribution in [0.25, 0.3) is 0 Å². The van der Waals surface area contributed by atoms with Gasteiger partial charge in [0.15, 0.2) is 0 Å². The van der Waals surface area contributed by atoms with Gasteiger partial charge in [0.05, 0.1) is 5.41 Å². The fraction of sp³-hybridized carbons (Fsp3) is 0.441. The maximum Gasteiger partial charge on any atom is 0.319 e. The smallest absolute Gasteiger partial charge is 0.319 e. The van der Waals surface area contributed by atoms with Crippen LogP contribution in [0.5, 0.6) is 0 Å². The summed E-state index contributed by atoms with van der Waals surface area (Å²) >= 11 is 0. The topological polar surface area (TPSA) is 70.0 Å². The summed E-state index contributed by atoms with van der Waals surface area (Å²) in [5.41, 5.74) is 2.80. The third-order valence-electron chi connectivity index (χ3n) is 8.40. The lowest BCUT2D eigenvalue weighted by atomic mass is 9.71. The molecular weight excluding hydrogens is 486 g/mol. The molecule has 1 saturated heterocycles. The molecule has 1 unspecified atom stereocenters. The van der Waals surface area contributed by atoms with Crippen LogP contribution >= 0.6 is 0 Å². The minimum atomic E-state index is -1.70. The molecule has 1 aliphatic heterocycles. The molecule has 3 aromatic carbocycles. The van der Waals surface area contributed by atoms with E-state index < -0.39 is 22.9 Å².